The Morgan fingerprint density at radius 2 is 1.62 bits per heavy atom. The molecule has 0 saturated carbocycles. The highest BCUT2D eigenvalue weighted by atomic mass is 32.2. The zero-order chi connectivity index (χ0) is 22.6. The van der Waals surface area contributed by atoms with Crippen LogP contribution in [0, 0.1) is 6.92 Å². The maximum absolute atomic E-state index is 13.7. The van der Waals surface area contributed by atoms with Gasteiger partial charge in [0.25, 0.3) is 10.0 Å². The van der Waals surface area contributed by atoms with Crippen LogP contribution in [-0.2, 0) is 16.6 Å². The van der Waals surface area contributed by atoms with Gasteiger partial charge in [0.1, 0.15) is 5.75 Å². The van der Waals surface area contributed by atoms with Crippen molar-refractivity contribution in [3.8, 4) is 5.75 Å². The third-order valence-corrected chi connectivity index (χ3v) is 7.91. The number of ether oxygens (including phenoxy) is 1. The number of nitrogens with zero attached hydrogens (tertiary/aromatic N) is 2. The molecule has 0 radical (unpaired) electrons. The summed E-state index contributed by atoms with van der Waals surface area (Å²) < 4.78 is 34.3. The lowest BCUT2D eigenvalue weighted by atomic mass is 10.0. The van der Waals surface area contributed by atoms with Gasteiger partial charge in [-0.05, 0) is 61.7 Å². The Balaban J connectivity index is 1.54. The van der Waals surface area contributed by atoms with E-state index in [1.807, 2.05) is 49.4 Å². The molecule has 1 heterocycles. The van der Waals surface area contributed by atoms with Gasteiger partial charge in [0.05, 0.1) is 17.7 Å². The van der Waals surface area contributed by atoms with E-state index in [0.29, 0.717) is 4.90 Å². The van der Waals surface area contributed by atoms with Crippen molar-refractivity contribution < 1.29 is 13.2 Å². The number of hydrogen-bond donors (Lipinski definition) is 0. The molecule has 168 valence electrons. The van der Waals surface area contributed by atoms with E-state index in [9.17, 15) is 8.42 Å². The average molecular weight is 451 g/mol. The van der Waals surface area contributed by atoms with Gasteiger partial charge in [-0.15, -0.1) is 0 Å². The largest absolute Gasteiger partial charge is 0.497 e. The fourth-order valence-electron chi connectivity index (χ4n) is 4.28. The molecule has 0 bridgehead atoms. The second-order valence-electron chi connectivity index (χ2n) is 8.31. The molecular formula is C26H30N2O3S. The highest BCUT2D eigenvalue weighted by molar-refractivity contribution is 7.92. The van der Waals surface area contributed by atoms with E-state index in [2.05, 4.69) is 17.0 Å². The van der Waals surface area contributed by atoms with Crippen LogP contribution >= 0.6 is 0 Å². The third kappa shape index (κ3) is 4.97. The Labute approximate surface area is 191 Å². The molecule has 32 heavy (non-hydrogen) atoms. The van der Waals surface area contributed by atoms with Gasteiger partial charge in [-0.25, -0.2) is 8.42 Å². The first-order valence-electron chi connectivity index (χ1n) is 11.0. The van der Waals surface area contributed by atoms with Crippen LogP contribution < -0.4 is 9.04 Å². The quantitative estimate of drug-likeness (QED) is 0.516. The number of methoxy groups -OCH3 is 1. The van der Waals surface area contributed by atoms with Crippen molar-refractivity contribution in [1.29, 1.82) is 0 Å². The summed E-state index contributed by atoms with van der Waals surface area (Å²) in [6.45, 7) is 4.53. The fourth-order valence-corrected chi connectivity index (χ4v) is 6.02. The number of hydrogen-bond acceptors (Lipinski definition) is 4. The summed E-state index contributed by atoms with van der Waals surface area (Å²) in [6.07, 6.45) is 1.56. The first kappa shape index (κ1) is 22.4. The number of piperidine rings is 1. The van der Waals surface area contributed by atoms with Crippen LogP contribution in [0.1, 0.15) is 24.0 Å². The predicted molar refractivity (Wildman–Crippen MR) is 129 cm³/mol. The number of rotatable bonds is 7. The average Bonchev–Trinajstić information content (AvgIpc) is 2.82. The maximum Gasteiger partial charge on any atom is 0.264 e. The molecule has 1 fully saturated rings. The minimum Gasteiger partial charge on any atom is -0.497 e. The molecule has 0 atom stereocenters. The topological polar surface area (TPSA) is 49.9 Å². The van der Waals surface area contributed by atoms with Gasteiger partial charge in [-0.1, -0.05) is 48.0 Å². The molecule has 1 aliphatic heterocycles. The number of sulfonamides is 1. The van der Waals surface area contributed by atoms with Gasteiger partial charge in [-0.2, -0.15) is 0 Å². The van der Waals surface area contributed by atoms with Crippen LogP contribution in [0.15, 0.2) is 83.8 Å². The molecule has 1 saturated heterocycles. The van der Waals surface area contributed by atoms with Crippen LogP contribution in [0.2, 0.25) is 0 Å². The predicted octanol–water partition coefficient (Wildman–Crippen LogP) is 4.86. The lowest BCUT2D eigenvalue weighted by molar-refractivity contribution is 0.206. The van der Waals surface area contributed by atoms with Crippen molar-refractivity contribution in [2.45, 2.75) is 37.2 Å². The smallest absolute Gasteiger partial charge is 0.264 e. The van der Waals surface area contributed by atoms with Gasteiger partial charge in [0.2, 0.25) is 0 Å². The monoisotopic (exact) mass is 450 g/mol. The molecule has 0 spiro atoms. The van der Waals surface area contributed by atoms with Gasteiger partial charge >= 0.3 is 0 Å². The first-order chi connectivity index (χ1) is 15.5. The van der Waals surface area contributed by atoms with Crippen molar-refractivity contribution in [3.05, 3.63) is 90.0 Å². The summed E-state index contributed by atoms with van der Waals surface area (Å²) in [4.78, 5) is 2.72. The van der Waals surface area contributed by atoms with E-state index in [1.54, 1.807) is 35.7 Å². The second kappa shape index (κ2) is 9.76. The number of benzene rings is 3. The van der Waals surface area contributed by atoms with Crippen molar-refractivity contribution in [3.63, 3.8) is 0 Å². The summed E-state index contributed by atoms with van der Waals surface area (Å²) in [5.74, 6) is 0.858. The molecule has 1 aliphatic rings. The number of aryl methyl sites for hydroxylation is 1. The van der Waals surface area contributed by atoms with Crippen LogP contribution in [0.3, 0.4) is 0 Å². The van der Waals surface area contributed by atoms with E-state index in [-0.39, 0.29) is 6.04 Å². The highest BCUT2D eigenvalue weighted by Crippen LogP contribution is 2.31. The Kier molecular flexibility index (Phi) is 6.82. The Hall–Kier alpha value is -2.83. The zero-order valence-corrected chi connectivity index (χ0v) is 19.5. The van der Waals surface area contributed by atoms with Crippen molar-refractivity contribution in [2.75, 3.05) is 24.5 Å². The molecule has 0 amide bonds. The fraction of sp³-hybridized carbons (Fsp3) is 0.308. The van der Waals surface area contributed by atoms with Crippen LogP contribution in [0.4, 0.5) is 5.69 Å². The summed E-state index contributed by atoms with van der Waals surface area (Å²) >= 11 is 0. The van der Waals surface area contributed by atoms with E-state index >= 15 is 0 Å². The van der Waals surface area contributed by atoms with Gasteiger partial charge in [0.15, 0.2) is 0 Å². The van der Waals surface area contributed by atoms with Crippen LogP contribution in [0.5, 0.6) is 5.75 Å². The molecule has 0 N–H and O–H groups in total. The molecule has 3 aromatic rings. The second-order valence-corrected chi connectivity index (χ2v) is 10.1. The molecule has 5 nitrogen and oxygen atoms in total. The number of likely N-dealkylation sites (tertiary alicyclic amines) is 1. The molecule has 0 aromatic heterocycles. The summed E-state index contributed by atoms with van der Waals surface area (Å²) in [7, 11) is -1.98. The van der Waals surface area contributed by atoms with Crippen LogP contribution in [0.25, 0.3) is 0 Å². The van der Waals surface area contributed by atoms with E-state index in [1.165, 1.54) is 5.56 Å². The molecule has 6 heteroatoms. The summed E-state index contributed by atoms with van der Waals surface area (Å²) in [5, 5.41) is 0. The minimum absolute atomic E-state index is 0.0792. The third-order valence-electron chi connectivity index (χ3n) is 6.02. The molecule has 0 unspecified atom stereocenters. The van der Waals surface area contributed by atoms with Crippen molar-refractivity contribution in [1.82, 2.24) is 4.90 Å². The lowest BCUT2D eigenvalue weighted by Crippen LogP contribution is -2.47. The number of anilines is 1. The minimum atomic E-state index is -3.65. The van der Waals surface area contributed by atoms with Crippen molar-refractivity contribution in [2.24, 2.45) is 0 Å². The standard InChI is InChI=1S/C26H30N2O3S/c1-21-11-13-23(14-12-21)28(32(29,30)26-9-4-3-5-10-26)24-15-17-27(18-16-24)20-22-7-6-8-25(19-22)31-2/h3-14,19,24H,15-18,20H2,1-2H3. The van der Waals surface area contributed by atoms with E-state index < -0.39 is 10.0 Å². The van der Waals surface area contributed by atoms with Gasteiger partial charge < -0.3 is 4.74 Å². The van der Waals surface area contributed by atoms with Crippen LogP contribution in [-0.4, -0.2) is 39.6 Å². The molecule has 3 aromatic carbocycles. The first-order valence-corrected chi connectivity index (χ1v) is 12.4. The SMILES string of the molecule is COc1cccc(CN2CCC(N(c3ccc(C)cc3)S(=O)(=O)c3ccccc3)CC2)c1. The zero-order valence-electron chi connectivity index (χ0n) is 18.6. The highest BCUT2D eigenvalue weighted by Gasteiger charge is 2.34. The normalized spacial score (nSPS) is 15.4. The van der Waals surface area contributed by atoms with Gasteiger partial charge in [-0.3, -0.25) is 9.21 Å². The molecule has 4 rings (SSSR count). The van der Waals surface area contributed by atoms with E-state index in [4.69, 9.17) is 4.74 Å². The summed E-state index contributed by atoms with van der Waals surface area (Å²) in [6, 6.07) is 24.6. The Bertz CT molecular complexity index is 1120. The maximum atomic E-state index is 13.7. The molecular weight excluding hydrogens is 420 g/mol. The van der Waals surface area contributed by atoms with Gasteiger partial charge in [0, 0.05) is 25.7 Å². The molecule has 0 aliphatic carbocycles. The van der Waals surface area contributed by atoms with Crippen molar-refractivity contribution >= 4 is 15.7 Å². The van der Waals surface area contributed by atoms with E-state index in [0.717, 1.165) is 49.5 Å². The summed E-state index contributed by atoms with van der Waals surface area (Å²) in [5.41, 5.74) is 3.04. The Morgan fingerprint density at radius 1 is 0.938 bits per heavy atom. The Morgan fingerprint density at radius 3 is 2.28 bits per heavy atom. The lowest BCUT2D eigenvalue weighted by Gasteiger charge is -2.39.